The van der Waals surface area contributed by atoms with E-state index in [9.17, 15) is 0 Å². The van der Waals surface area contributed by atoms with Gasteiger partial charge in [-0.2, -0.15) is 0 Å². The van der Waals surface area contributed by atoms with Crippen molar-refractivity contribution in [2.24, 2.45) is 0 Å². The van der Waals surface area contributed by atoms with E-state index in [0.717, 1.165) is 6.42 Å². The SMILES string of the molecule is CCCc1occ2c1CCCC2. The van der Waals surface area contributed by atoms with Crippen LogP contribution in [0, 0.1) is 0 Å². The highest BCUT2D eigenvalue weighted by molar-refractivity contribution is 5.30. The Morgan fingerprint density at radius 1 is 1.33 bits per heavy atom. The molecule has 1 aromatic heterocycles. The Morgan fingerprint density at radius 2 is 2.17 bits per heavy atom. The van der Waals surface area contributed by atoms with Gasteiger partial charge in [-0.1, -0.05) is 6.92 Å². The van der Waals surface area contributed by atoms with Gasteiger partial charge in [-0.05, 0) is 43.2 Å². The minimum absolute atomic E-state index is 1.12. The molecule has 12 heavy (non-hydrogen) atoms. The third-order valence-corrected chi connectivity index (χ3v) is 2.67. The molecule has 2 rings (SSSR count). The predicted molar refractivity (Wildman–Crippen MR) is 49.3 cm³/mol. The lowest BCUT2D eigenvalue weighted by molar-refractivity contribution is 0.501. The molecule has 1 heteroatoms. The Morgan fingerprint density at radius 3 is 3.00 bits per heavy atom. The summed E-state index contributed by atoms with van der Waals surface area (Å²) in [5.74, 6) is 1.26. The first-order valence-electron chi connectivity index (χ1n) is 5.00. The van der Waals surface area contributed by atoms with Gasteiger partial charge < -0.3 is 4.42 Å². The van der Waals surface area contributed by atoms with Crippen LogP contribution in [-0.4, -0.2) is 0 Å². The molecule has 1 aliphatic rings. The van der Waals surface area contributed by atoms with Crippen molar-refractivity contribution < 1.29 is 4.42 Å². The van der Waals surface area contributed by atoms with E-state index >= 15 is 0 Å². The molecule has 0 radical (unpaired) electrons. The fraction of sp³-hybridized carbons (Fsp3) is 0.636. The first kappa shape index (κ1) is 7.90. The van der Waals surface area contributed by atoms with E-state index in [0.29, 0.717) is 0 Å². The largest absolute Gasteiger partial charge is 0.469 e. The standard InChI is InChI=1S/C11H16O/c1-2-5-11-10-7-4-3-6-9(10)8-12-11/h8H,2-7H2,1H3. The van der Waals surface area contributed by atoms with Crippen LogP contribution in [0.2, 0.25) is 0 Å². The predicted octanol–water partition coefficient (Wildman–Crippen LogP) is 3.11. The Hall–Kier alpha value is -0.720. The van der Waals surface area contributed by atoms with Crippen LogP contribution in [-0.2, 0) is 19.3 Å². The summed E-state index contributed by atoms with van der Waals surface area (Å²) in [4.78, 5) is 0. The zero-order valence-electron chi connectivity index (χ0n) is 7.73. The van der Waals surface area contributed by atoms with Crippen molar-refractivity contribution in [3.63, 3.8) is 0 Å². The number of rotatable bonds is 2. The van der Waals surface area contributed by atoms with Gasteiger partial charge in [0.25, 0.3) is 0 Å². The average molecular weight is 164 g/mol. The minimum atomic E-state index is 1.12. The fourth-order valence-electron chi connectivity index (χ4n) is 2.03. The normalized spacial score (nSPS) is 16.1. The van der Waals surface area contributed by atoms with E-state index in [-0.39, 0.29) is 0 Å². The van der Waals surface area contributed by atoms with Crippen LogP contribution in [0.15, 0.2) is 10.7 Å². The summed E-state index contributed by atoms with van der Waals surface area (Å²) < 4.78 is 5.56. The van der Waals surface area contributed by atoms with Crippen LogP contribution in [0.25, 0.3) is 0 Å². The van der Waals surface area contributed by atoms with Gasteiger partial charge in [0.1, 0.15) is 5.76 Å². The molecule has 0 aromatic carbocycles. The van der Waals surface area contributed by atoms with E-state index in [1.165, 1.54) is 49.0 Å². The van der Waals surface area contributed by atoms with Crippen molar-refractivity contribution in [1.82, 2.24) is 0 Å². The second kappa shape index (κ2) is 3.34. The summed E-state index contributed by atoms with van der Waals surface area (Å²) in [5.41, 5.74) is 3.01. The van der Waals surface area contributed by atoms with Crippen LogP contribution < -0.4 is 0 Å². The molecule has 0 saturated heterocycles. The Bertz CT molecular complexity index is 260. The highest BCUT2D eigenvalue weighted by Gasteiger charge is 2.15. The molecule has 0 N–H and O–H groups in total. The summed E-state index contributed by atoms with van der Waals surface area (Å²) in [5, 5.41) is 0. The maximum atomic E-state index is 5.56. The number of furan rings is 1. The van der Waals surface area contributed by atoms with Crippen molar-refractivity contribution in [2.75, 3.05) is 0 Å². The molecule has 0 unspecified atom stereocenters. The zero-order chi connectivity index (χ0) is 8.39. The van der Waals surface area contributed by atoms with E-state index in [1.807, 2.05) is 6.26 Å². The quantitative estimate of drug-likeness (QED) is 0.654. The van der Waals surface area contributed by atoms with E-state index < -0.39 is 0 Å². The lowest BCUT2D eigenvalue weighted by Crippen LogP contribution is -2.01. The highest BCUT2D eigenvalue weighted by atomic mass is 16.3. The summed E-state index contributed by atoms with van der Waals surface area (Å²) in [6.07, 6.45) is 9.47. The lowest BCUT2D eigenvalue weighted by Gasteiger charge is -2.10. The molecule has 1 aromatic rings. The molecule has 1 nitrogen and oxygen atoms in total. The van der Waals surface area contributed by atoms with E-state index in [4.69, 9.17) is 4.42 Å². The maximum Gasteiger partial charge on any atom is 0.107 e. The van der Waals surface area contributed by atoms with Gasteiger partial charge in [0, 0.05) is 6.42 Å². The molecule has 0 saturated carbocycles. The van der Waals surface area contributed by atoms with Crippen molar-refractivity contribution in [2.45, 2.75) is 45.4 Å². The Balaban J connectivity index is 2.25. The number of aryl methyl sites for hydroxylation is 2. The molecule has 0 spiro atoms. The van der Waals surface area contributed by atoms with Crippen LogP contribution in [0.5, 0.6) is 0 Å². The fourth-order valence-corrected chi connectivity index (χ4v) is 2.03. The third kappa shape index (κ3) is 1.28. The van der Waals surface area contributed by atoms with Gasteiger partial charge in [0.2, 0.25) is 0 Å². The zero-order valence-corrected chi connectivity index (χ0v) is 7.73. The van der Waals surface area contributed by atoms with Crippen LogP contribution in [0.1, 0.15) is 43.1 Å². The molecule has 1 aliphatic carbocycles. The molecule has 0 bridgehead atoms. The smallest absolute Gasteiger partial charge is 0.107 e. The summed E-state index contributed by atoms with van der Waals surface area (Å²) in [6, 6.07) is 0. The average Bonchev–Trinajstić information content (AvgIpc) is 2.50. The maximum absolute atomic E-state index is 5.56. The summed E-state index contributed by atoms with van der Waals surface area (Å²) in [6.45, 7) is 2.21. The van der Waals surface area contributed by atoms with Gasteiger partial charge in [0.05, 0.1) is 6.26 Å². The minimum Gasteiger partial charge on any atom is -0.469 e. The van der Waals surface area contributed by atoms with Crippen LogP contribution in [0.3, 0.4) is 0 Å². The van der Waals surface area contributed by atoms with Gasteiger partial charge in [-0.3, -0.25) is 0 Å². The Labute approximate surface area is 73.8 Å². The van der Waals surface area contributed by atoms with Crippen molar-refractivity contribution in [1.29, 1.82) is 0 Å². The molecule has 66 valence electrons. The second-order valence-corrected chi connectivity index (χ2v) is 3.62. The summed E-state index contributed by atoms with van der Waals surface area (Å²) in [7, 11) is 0. The van der Waals surface area contributed by atoms with E-state index in [1.54, 1.807) is 0 Å². The van der Waals surface area contributed by atoms with Gasteiger partial charge in [-0.25, -0.2) is 0 Å². The molecule has 0 fully saturated rings. The third-order valence-electron chi connectivity index (χ3n) is 2.67. The van der Waals surface area contributed by atoms with Crippen molar-refractivity contribution in [3.05, 3.63) is 23.2 Å². The summed E-state index contributed by atoms with van der Waals surface area (Å²) >= 11 is 0. The van der Waals surface area contributed by atoms with Crippen LogP contribution >= 0.6 is 0 Å². The highest BCUT2D eigenvalue weighted by Crippen LogP contribution is 2.26. The topological polar surface area (TPSA) is 13.1 Å². The van der Waals surface area contributed by atoms with Crippen LogP contribution in [0.4, 0.5) is 0 Å². The lowest BCUT2D eigenvalue weighted by atomic mass is 9.93. The number of hydrogen-bond acceptors (Lipinski definition) is 1. The molecular formula is C11H16O. The van der Waals surface area contributed by atoms with Gasteiger partial charge in [0.15, 0.2) is 0 Å². The van der Waals surface area contributed by atoms with Gasteiger partial charge in [-0.15, -0.1) is 0 Å². The van der Waals surface area contributed by atoms with Gasteiger partial charge >= 0.3 is 0 Å². The first-order chi connectivity index (χ1) is 5.92. The molecule has 0 atom stereocenters. The van der Waals surface area contributed by atoms with Crippen molar-refractivity contribution >= 4 is 0 Å². The molecular weight excluding hydrogens is 148 g/mol. The number of fused-ring (bicyclic) bond motifs is 1. The second-order valence-electron chi connectivity index (χ2n) is 3.62. The monoisotopic (exact) mass is 164 g/mol. The number of hydrogen-bond donors (Lipinski definition) is 0. The molecule has 0 amide bonds. The van der Waals surface area contributed by atoms with E-state index in [2.05, 4.69) is 6.92 Å². The molecule has 0 aliphatic heterocycles. The first-order valence-corrected chi connectivity index (χ1v) is 5.00. The molecule has 1 heterocycles. The van der Waals surface area contributed by atoms with Crippen molar-refractivity contribution in [3.8, 4) is 0 Å². The Kier molecular flexibility index (Phi) is 2.20.